The number of hydrogen-bond acceptors (Lipinski definition) is 2. The van der Waals surface area contributed by atoms with Gasteiger partial charge in [0.15, 0.2) is 0 Å². The molecule has 0 radical (unpaired) electrons. The van der Waals surface area contributed by atoms with Crippen molar-refractivity contribution in [1.82, 2.24) is 5.32 Å². The molecule has 0 atom stereocenters. The Morgan fingerprint density at radius 1 is 1.41 bits per heavy atom. The fourth-order valence-corrected chi connectivity index (χ4v) is 1.34. The van der Waals surface area contributed by atoms with Gasteiger partial charge in [0.25, 0.3) is 0 Å². The Morgan fingerprint density at radius 3 is 2.82 bits per heavy atom. The van der Waals surface area contributed by atoms with Crippen LogP contribution in [0.4, 0.5) is 0 Å². The van der Waals surface area contributed by atoms with Crippen molar-refractivity contribution in [3.8, 4) is 18.1 Å². The minimum atomic E-state index is 0.162. The summed E-state index contributed by atoms with van der Waals surface area (Å²) in [7, 11) is 0. The normalized spacial score (nSPS) is 10.9. The standard InChI is InChI=1S/C15H21NO/c1-5-10-17-14-9-7-8-13(11-14)12-16-15(3,4)6-2/h1,7-9,11,16H,6,10,12H2,2-4H3. The van der Waals surface area contributed by atoms with Crippen molar-refractivity contribution in [3.05, 3.63) is 29.8 Å². The number of terminal acetylenes is 1. The van der Waals surface area contributed by atoms with Gasteiger partial charge in [-0.15, -0.1) is 6.42 Å². The Morgan fingerprint density at radius 2 is 2.18 bits per heavy atom. The SMILES string of the molecule is C#CCOc1cccc(CNC(C)(C)CC)c1. The van der Waals surface area contributed by atoms with Gasteiger partial charge in [0, 0.05) is 12.1 Å². The van der Waals surface area contributed by atoms with Crippen LogP contribution in [0.25, 0.3) is 0 Å². The van der Waals surface area contributed by atoms with Gasteiger partial charge in [0.05, 0.1) is 0 Å². The van der Waals surface area contributed by atoms with Crippen molar-refractivity contribution in [2.75, 3.05) is 6.61 Å². The molecule has 0 aromatic heterocycles. The van der Waals surface area contributed by atoms with E-state index in [9.17, 15) is 0 Å². The third-order valence-corrected chi connectivity index (χ3v) is 2.88. The molecule has 0 heterocycles. The Labute approximate surface area is 104 Å². The molecular formula is C15H21NO. The van der Waals surface area contributed by atoms with Gasteiger partial charge in [-0.25, -0.2) is 0 Å². The van der Waals surface area contributed by atoms with Gasteiger partial charge in [-0.1, -0.05) is 25.0 Å². The van der Waals surface area contributed by atoms with Crippen LogP contribution >= 0.6 is 0 Å². The first-order valence-electron chi connectivity index (χ1n) is 5.97. The lowest BCUT2D eigenvalue weighted by atomic mass is 10.0. The van der Waals surface area contributed by atoms with E-state index in [0.717, 1.165) is 18.7 Å². The van der Waals surface area contributed by atoms with E-state index in [4.69, 9.17) is 11.2 Å². The van der Waals surface area contributed by atoms with Gasteiger partial charge in [-0.2, -0.15) is 0 Å². The molecule has 0 unspecified atom stereocenters. The summed E-state index contributed by atoms with van der Waals surface area (Å²) in [5.74, 6) is 3.29. The molecule has 0 aliphatic heterocycles. The van der Waals surface area contributed by atoms with Crippen LogP contribution < -0.4 is 10.1 Å². The maximum atomic E-state index is 5.39. The van der Waals surface area contributed by atoms with Crippen LogP contribution in [-0.4, -0.2) is 12.1 Å². The molecule has 0 aliphatic rings. The second kappa shape index (κ2) is 6.32. The molecule has 1 rings (SSSR count). The summed E-state index contributed by atoms with van der Waals surface area (Å²) in [4.78, 5) is 0. The monoisotopic (exact) mass is 231 g/mol. The maximum absolute atomic E-state index is 5.39. The van der Waals surface area contributed by atoms with Crippen LogP contribution in [0.1, 0.15) is 32.8 Å². The summed E-state index contributed by atoms with van der Waals surface area (Å²) in [6.45, 7) is 7.74. The van der Waals surface area contributed by atoms with Gasteiger partial charge < -0.3 is 10.1 Å². The van der Waals surface area contributed by atoms with Crippen LogP contribution in [0.3, 0.4) is 0 Å². The molecule has 0 saturated carbocycles. The summed E-state index contributed by atoms with van der Waals surface area (Å²) in [5.41, 5.74) is 1.37. The van der Waals surface area contributed by atoms with Crippen molar-refractivity contribution in [2.24, 2.45) is 0 Å². The van der Waals surface area contributed by atoms with E-state index in [2.05, 4.69) is 38.1 Å². The molecule has 0 bridgehead atoms. The first-order chi connectivity index (χ1) is 8.07. The van der Waals surface area contributed by atoms with Crippen molar-refractivity contribution >= 4 is 0 Å². The highest BCUT2D eigenvalue weighted by Gasteiger charge is 2.13. The molecule has 92 valence electrons. The third kappa shape index (κ3) is 4.93. The molecule has 0 aliphatic carbocycles. The second-order valence-electron chi connectivity index (χ2n) is 4.73. The number of hydrogen-bond donors (Lipinski definition) is 1. The largest absolute Gasteiger partial charge is 0.481 e. The van der Waals surface area contributed by atoms with Crippen molar-refractivity contribution < 1.29 is 4.74 Å². The smallest absolute Gasteiger partial charge is 0.148 e. The van der Waals surface area contributed by atoms with Crippen LogP contribution in [0.5, 0.6) is 5.75 Å². The van der Waals surface area contributed by atoms with E-state index >= 15 is 0 Å². The average molecular weight is 231 g/mol. The fraction of sp³-hybridized carbons (Fsp3) is 0.467. The van der Waals surface area contributed by atoms with Crippen LogP contribution in [0.15, 0.2) is 24.3 Å². The molecule has 1 aromatic carbocycles. The zero-order valence-corrected chi connectivity index (χ0v) is 10.9. The lowest BCUT2D eigenvalue weighted by Crippen LogP contribution is -2.37. The maximum Gasteiger partial charge on any atom is 0.148 e. The highest BCUT2D eigenvalue weighted by molar-refractivity contribution is 5.28. The van der Waals surface area contributed by atoms with Gasteiger partial charge in [0.1, 0.15) is 12.4 Å². The Bertz CT molecular complexity index is 390. The zero-order valence-electron chi connectivity index (χ0n) is 10.9. The summed E-state index contributed by atoms with van der Waals surface area (Å²) in [6, 6.07) is 8.02. The van der Waals surface area contributed by atoms with E-state index in [1.165, 1.54) is 5.56 Å². The van der Waals surface area contributed by atoms with Gasteiger partial charge in [-0.05, 0) is 38.0 Å². The number of benzene rings is 1. The van der Waals surface area contributed by atoms with E-state index < -0.39 is 0 Å². The molecule has 17 heavy (non-hydrogen) atoms. The van der Waals surface area contributed by atoms with E-state index in [1.54, 1.807) is 0 Å². The summed E-state index contributed by atoms with van der Waals surface area (Å²) in [5, 5.41) is 3.51. The van der Waals surface area contributed by atoms with Crippen LogP contribution in [0, 0.1) is 12.3 Å². The lowest BCUT2D eigenvalue weighted by Gasteiger charge is -2.24. The highest BCUT2D eigenvalue weighted by atomic mass is 16.5. The molecule has 2 heteroatoms. The van der Waals surface area contributed by atoms with Gasteiger partial charge in [-0.3, -0.25) is 0 Å². The third-order valence-electron chi connectivity index (χ3n) is 2.88. The lowest BCUT2D eigenvalue weighted by molar-refractivity contribution is 0.364. The van der Waals surface area contributed by atoms with Crippen molar-refractivity contribution in [1.29, 1.82) is 0 Å². The molecule has 1 N–H and O–H groups in total. The summed E-state index contributed by atoms with van der Waals surface area (Å²) in [6.07, 6.45) is 6.26. The molecule has 0 fully saturated rings. The number of nitrogens with one attached hydrogen (secondary N) is 1. The highest BCUT2D eigenvalue weighted by Crippen LogP contribution is 2.15. The van der Waals surface area contributed by atoms with E-state index in [1.807, 2.05) is 18.2 Å². The Hall–Kier alpha value is -1.46. The van der Waals surface area contributed by atoms with Crippen molar-refractivity contribution in [3.63, 3.8) is 0 Å². The minimum Gasteiger partial charge on any atom is -0.481 e. The first kappa shape index (κ1) is 13.6. The van der Waals surface area contributed by atoms with E-state index in [-0.39, 0.29) is 5.54 Å². The average Bonchev–Trinajstić information content (AvgIpc) is 2.35. The Kier molecular flexibility index (Phi) is 5.06. The molecule has 0 saturated heterocycles. The molecule has 0 spiro atoms. The summed E-state index contributed by atoms with van der Waals surface area (Å²) >= 11 is 0. The fourth-order valence-electron chi connectivity index (χ4n) is 1.34. The number of ether oxygens (including phenoxy) is 1. The molecule has 1 aromatic rings. The first-order valence-corrected chi connectivity index (χ1v) is 5.97. The topological polar surface area (TPSA) is 21.3 Å². The quantitative estimate of drug-likeness (QED) is 0.760. The molecule has 2 nitrogen and oxygen atoms in total. The minimum absolute atomic E-state index is 0.162. The predicted molar refractivity (Wildman–Crippen MR) is 72.0 cm³/mol. The van der Waals surface area contributed by atoms with E-state index in [0.29, 0.717) is 6.61 Å². The zero-order chi connectivity index (χ0) is 12.7. The molecule has 0 amide bonds. The number of rotatable bonds is 6. The van der Waals surface area contributed by atoms with Gasteiger partial charge in [0.2, 0.25) is 0 Å². The van der Waals surface area contributed by atoms with Crippen molar-refractivity contribution in [2.45, 2.75) is 39.3 Å². The Balaban J connectivity index is 2.57. The van der Waals surface area contributed by atoms with Gasteiger partial charge >= 0.3 is 0 Å². The van der Waals surface area contributed by atoms with Crippen LogP contribution in [0.2, 0.25) is 0 Å². The van der Waals surface area contributed by atoms with Crippen LogP contribution in [-0.2, 0) is 6.54 Å². The predicted octanol–water partition coefficient (Wildman–Crippen LogP) is 2.98. The summed E-state index contributed by atoms with van der Waals surface area (Å²) < 4.78 is 5.39. The second-order valence-corrected chi connectivity index (χ2v) is 4.73. The molecular weight excluding hydrogens is 210 g/mol.